The van der Waals surface area contributed by atoms with Crippen molar-refractivity contribution in [3.63, 3.8) is 0 Å². The molecule has 0 aliphatic rings. The van der Waals surface area contributed by atoms with Crippen LogP contribution in [0, 0.1) is 0 Å². The lowest BCUT2D eigenvalue weighted by atomic mass is 10.1. The lowest BCUT2D eigenvalue weighted by Crippen LogP contribution is -2.26. The van der Waals surface area contributed by atoms with E-state index in [1.54, 1.807) is 23.2 Å². The largest absolute Gasteiger partial charge is 0.467 e. The molecule has 0 fully saturated rings. The molecule has 0 saturated carbocycles. The molecule has 4 rings (SSSR count). The number of amides is 1. The van der Waals surface area contributed by atoms with E-state index in [0.717, 1.165) is 11.3 Å². The third-order valence-electron chi connectivity index (χ3n) is 4.34. The van der Waals surface area contributed by atoms with Crippen molar-refractivity contribution in [2.75, 3.05) is 0 Å². The summed E-state index contributed by atoms with van der Waals surface area (Å²) >= 11 is 0. The molecule has 2 heterocycles. The average molecular weight is 357 g/mol. The predicted octanol–water partition coefficient (Wildman–Crippen LogP) is 4.62. The number of para-hydroxylation sites is 1. The van der Waals surface area contributed by atoms with E-state index in [4.69, 9.17) is 4.42 Å². The first-order valence-corrected chi connectivity index (χ1v) is 8.77. The SMILES string of the molecule is C[C@H](NC(=O)c1cn(-c2ccccc2)nc1-c1ccccc1)c1ccco1. The Morgan fingerprint density at radius 2 is 1.70 bits per heavy atom. The third-order valence-corrected chi connectivity index (χ3v) is 4.34. The van der Waals surface area contributed by atoms with Gasteiger partial charge in [0, 0.05) is 11.8 Å². The number of hydrogen-bond acceptors (Lipinski definition) is 3. The smallest absolute Gasteiger partial charge is 0.255 e. The molecular weight excluding hydrogens is 338 g/mol. The molecule has 0 bridgehead atoms. The molecule has 5 nitrogen and oxygen atoms in total. The van der Waals surface area contributed by atoms with Gasteiger partial charge < -0.3 is 9.73 Å². The van der Waals surface area contributed by atoms with Gasteiger partial charge in [-0.2, -0.15) is 5.10 Å². The minimum absolute atomic E-state index is 0.195. The Morgan fingerprint density at radius 3 is 2.37 bits per heavy atom. The zero-order valence-corrected chi connectivity index (χ0v) is 14.9. The van der Waals surface area contributed by atoms with Crippen molar-refractivity contribution in [2.24, 2.45) is 0 Å². The molecule has 2 aromatic heterocycles. The summed E-state index contributed by atoms with van der Waals surface area (Å²) in [5.41, 5.74) is 2.95. The topological polar surface area (TPSA) is 60.1 Å². The quantitative estimate of drug-likeness (QED) is 0.567. The molecule has 2 aromatic carbocycles. The van der Waals surface area contributed by atoms with Crippen LogP contribution >= 0.6 is 0 Å². The second-order valence-electron chi connectivity index (χ2n) is 6.25. The molecule has 5 heteroatoms. The van der Waals surface area contributed by atoms with Crippen molar-refractivity contribution >= 4 is 5.91 Å². The lowest BCUT2D eigenvalue weighted by Gasteiger charge is -2.11. The van der Waals surface area contributed by atoms with E-state index in [-0.39, 0.29) is 11.9 Å². The maximum Gasteiger partial charge on any atom is 0.255 e. The van der Waals surface area contributed by atoms with E-state index in [1.165, 1.54) is 0 Å². The highest BCUT2D eigenvalue weighted by Crippen LogP contribution is 2.24. The first kappa shape index (κ1) is 16.8. The molecule has 0 saturated heterocycles. The summed E-state index contributed by atoms with van der Waals surface area (Å²) in [6.07, 6.45) is 3.36. The van der Waals surface area contributed by atoms with E-state index in [1.807, 2.05) is 73.7 Å². The summed E-state index contributed by atoms with van der Waals surface area (Å²) in [5.74, 6) is 0.514. The van der Waals surface area contributed by atoms with Gasteiger partial charge in [0.05, 0.1) is 23.6 Å². The standard InChI is InChI=1S/C22H19N3O2/c1-16(20-13-8-14-27-20)23-22(26)19-15-25(18-11-6-3-7-12-18)24-21(19)17-9-4-2-5-10-17/h2-16H,1H3,(H,23,26)/t16-/m0/s1. The molecule has 0 unspecified atom stereocenters. The molecule has 0 spiro atoms. The van der Waals surface area contributed by atoms with Crippen molar-refractivity contribution in [3.8, 4) is 16.9 Å². The maximum atomic E-state index is 13.0. The number of benzene rings is 2. The van der Waals surface area contributed by atoms with Gasteiger partial charge in [-0.15, -0.1) is 0 Å². The normalized spacial score (nSPS) is 11.9. The zero-order chi connectivity index (χ0) is 18.6. The van der Waals surface area contributed by atoms with Crippen LogP contribution < -0.4 is 5.32 Å². The van der Waals surface area contributed by atoms with Crippen LogP contribution in [0.3, 0.4) is 0 Å². The molecule has 4 aromatic rings. The van der Waals surface area contributed by atoms with Crippen LogP contribution in [0.25, 0.3) is 16.9 Å². The van der Waals surface area contributed by atoms with Gasteiger partial charge in [-0.25, -0.2) is 4.68 Å². The van der Waals surface area contributed by atoms with Crippen molar-refractivity contribution < 1.29 is 9.21 Å². The average Bonchev–Trinajstić information content (AvgIpc) is 3.40. The van der Waals surface area contributed by atoms with Crippen molar-refractivity contribution in [1.82, 2.24) is 15.1 Å². The molecular formula is C22H19N3O2. The fourth-order valence-electron chi connectivity index (χ4n) is 2.95. The maximum absolute atomic E-state index is 13.0. The number of carbonyl (C=O) groups is 1. The highest BCUT2D eigenvalue weighted by Gasteiger charge is 2.21. The lowest BCUT2D eigenvalue weighted by molar-refractivity contribution is 0.0936. The minimum atomic E-state index is -0.240. The Morgan fingerprint density at radius 1 is 1.00 bits per heavy atom. The van der Waals surface area contributed by atoms with E-state index in [0.29, 0.717) is 17.0 Å². The van der Waals surface area contributed by atoms with Crippen LogP contribution in [0.1, 0.15) is 29.1 Å². The van der Waals surface area contributed by atoms with Crippen LogP contribution in [0.15, 0.2) is 89.7 Å². The first-order valence-electron chi connectivity index (χ1n) is 8.77. The van der Waals surface area contributed by atoms with Gasteiger partial charge in [-0.3, -0.25) is 4.79 Å². The predicted molar refractivity (Wildman–Crippen MR) is 104 cm³/mol. The summed E-state index contributed by atoms with van der Waals surface area (Å²) in [6, 6.07) is 22.9. The molecule has 1 amide bonds. The summed E-state index contributed by atoms with van der Waals surface area (Å²) < 4.78 is 7.12. The highest BCUT2D eigenvalue weighted by atomic mass is 16.3. The summed E-state index contributed by atoms with van der Waals surface area (Å²) in [6.45, 7) is 1.89. The number of furan rings is 1. The molecule has 27 heavy (non-hydrogen) atoms. The van der Waals surface area contributed by atoms with Crippen LogP contribution in [0.2, 0.25) is 0 Å². The third kappa shape index (κ3) is 3.53. The van der Waals surface area contributed by atoms with Gasteiger partial charge in [0.15, 0.2) is 0 Å². The van der Waals surface area contributed by atoms with E-state index >= 15 is 0 Å². The second-order valence-corrected chi connectivity index (χ2v) is 6.25. The van der Waals surface area contributed by atoms with Gasteiger partial charge in [0.2, 0.25) is 0 Å². The van der Waals surface area contributed by atoms with Gasteiger partial charge in [-0.05, 0) is 31.2 Å². The van der Waals surface area contributed by atoms with Crippen molar-refractivity contribution in [3.05, 3.63) is 96.6 Å². The van der Waals surface area contributed by atoms with Crippen molar-refractivity contribution in [1.29, 1.82) is 0 Å². The molecule has 1 atom stereocenters. The zero-order valence-electron chi connectivity index (χ0n) is 14.9. The van der Waals surface area contributed by atoms with E-state index < -0.39 is 0 Å². The highest BCUT2D eigenvalue weighted by molar-refractivity contribution is 6.00. The van der Waals surface area contributed by atoms with Gasteiger partial charge in [-0.1, -0.05) is 48.5 Å². The van der Waals surface area contributed by atoms with Crippen LogP contribution in [0.5, 0.6) is 0 Å². The van der Waals surface area contributed by atoms with Crippen LogP contribution in [0.4, 0.5) is 0 Å². The fraction of sp³-hybridized carbons (Fsp3) is 0.0909. The minimum Gasteiger partial charge on any atom is -0.467 e. The molecule has 1 N–H and O–H groups in total. The summed E-state index contributed by atoms with van der Waals surface area (Å²) in [5, 5.41) is 7.66. The van der Waals surface area contributed by atoms with Crippen LogP contribution in [-0.2, 0) is 0 Å². The first-order chi connectivity index (χ1) is 13.2. The van der Waals surface area contributed by atoms with Crippen molar-refractivity contribution in [2.45, 2.75) is 13.0 Å². The molecule has 134 valence electrons. The van der Waals surface area contributed by atoms with E-state index in [9.17, 15) is 4.79 Å². The molecule has 0 aliphatic heterocycles. The molecule has 0 aliphatic carbocycles. The van der Waals surface area contributed by atoms with E-state index in [2.05, 4.69) is 10.4 Å². The van der Waals surface area contributed by atoms with Crippen LogP contribution in [-0.4, -0.2) is 15.7 Å². The Kier molecular flexibility index (Phi) is 4.58. The fourth-order valence-corrected chi connectivity index (χ4v) is 2.95. The summed E-state index contributed by atoms with van der Waals surface area (Å²) in [7, 11) is 0. The number of carbonyl (C=O) groups excluding carboxylic acids is 1. The second kappa shape index (κ2) is 7.33. The number of aromatic nitrogens is 2. The van der Waals surface area contributed by atoms with Gasteiger partial charge >= 0.3 is 0 Å². The van der Waals surface area contributed by atoms with Gasteiger partial charge in [0.25, 0.3) is 5.91 Å². The van der Waals surface area contributed by atoms with Gasteiger partial charge in [0.1, 0.15) is 11.5 Å². The molecule has 0 radical (unpaired) electrons. The number of nitrogens with one attached hydrogen (secondary N) is 1. The Balaban J connectivity index is 1.72. The number of hydrogen-bond donors (Lipinski definition) is 1. The Bertz CT molecular complexity index is 1020. The monoisotopic (exact) mass is 357 g/mol. The Hall–Kier alpha value is -3.60. The Labute approximate surface area is 157 Å². The number of nitrogens with zero attached hydrogens (tertiary/aromatic N) is 2. The number of rotatable bonds is 5. The summed E-state index contributed by atoms with van der Waals surface area (Å²) in [4.78, 5) is 13.0.